The van der Waals surface area contributed by atoms with Gasteiger partial charge in [-0.25, -0.2) is 14.8 Å². The molecule has 0 unspecified atom stereocenters. The fraction of sp³-hybridized carbons (Fsp3) is 0.267. The summed E-state index contributed by atoms with van der Waals surface area (Å²) in [5.41, 5.74) is 0.531. The molecule has 0 aliphatic carbocycles. The predicted octanol–water partition coefficient (Wildman–Crippen LogP) is 5.35. The summed E-state index contributed by atoms with van der Waals surface area (Å²) in [7, 11) is 0. The Hall–Kier alpha value is -1.56. The minimum atomic E-state index is -0.717. The molecular weight excluding hydrogens is 361 g/mol. The van der Waals surface area contributed by atoms with Gasteiger partial charge >= 0.3 is 6.09 Å². The van der Waals surface area contributed by atoms with Crippen LogP contribution in [0.2, 0.25) is 15.3 Å². The smallest absolute Gasteiger partial charge is 0.406 e. The standard InChI is InChI=1S/C15H14Cl3N3O2/c1-15(2,3)12-11(7-19-13(18)21-12)23-14(22)20-10-5-4-8(16)6-9(10)17/h4-7H,1-3H3,(H,20,22). The van der Waals surface area contributed by atoms with E-state index in [1.165, 1.54) is 12.3 Å². The SMILES string of the molecule is CC(C)(C)c1nc(Cl)ncc1OC(=O)Nc1ccc(Cl)cc1Cl. The zero-order valence-electron chi connectivity index (χ0n) is 12.7. The van der Waals surface area contributed by atoms with E-state index < -0.39 is 6.09 Å². The van der Waals surface area contributed by atoms with Crippen molar-refractivity contribution in [2.45, 2.75) is 26.2 Å². The minimum Gasteiger partial charge on any atom is -0.406 e. The van der Waals surface area contributed by atoms with Gasteiger partial charge in [0.25, 0.3) is 0 Å². The average Bonchev–Trinajstić information content (AvgIpc) is 2.43. The van der Waals surface area contributed by atoms with E-state index in [0.29, 0.717) is 21.4 Å². The van der Waals surface area contributed by atoms with E-state index >= 15 is 0 Å². The Labute approximate surface area is 148 Å². The lowest BCUT2D eigenvalue weighted by Crippen LogP contribution is -2.22. The molecule has 0 aliphatic rings. The van der Waals surface area contributed by atoms with Gasteiger partial charge in [0.05, 0.1) is 22.6 Å². The summed E-state index contributed by atoms with van der Waals surface area (Å²) in [4.78, 5) is 20.1. The summed E-state index contributed by atoms with van der Waals surface area (Å²) >= 11 is 17.6. The summed E-state index contributed by atoms with van der Waals surface area (Å²) in [6.07, 6.45) is 0.643. The first-order chi connectivity index (χ1) is 10.7. The van der Waals surface area contributed by atoms with Gasteiger partial charge < -0.3 is 4.74 Å². The van der Waals surface area contributed by atoms with E-state index in [1.807, 2.05) is 20.8 Å². The van der Waals surface area contributed by atoms with E-state index in [2.05, 4.69) is 15.3 Å². The second kappa shape index (κ2) is 6.91. The van der Waals surface area contributed by atoms with Crippen LogP contribution in [0.25, 0.3) is 0 Å². The molecule has 0 aliphatic heterocycles. The molecule has 0 spiro atoms. The molecule has 0 saturated carbocycles. The number of ether oxygens (including phenoxy) is 1. The van der Waals surface area contributed by atoms with Crippen LogP contribution >= 0.6 is 34.8 Å². The summed E-state index contributed by atoms with van der Waals surface area (Å²) in [5, 5.41) is 3.40. The highest BCUT2D eigenvalue weighted by molar-refractivity contribution is 6.36. The molecule has 0 bridgehead atoms. The fourth-order valence-corrected chi connectivity index (χ4v) is 2.38. The number of rotatable bonds is 2. The maximum absolute atomic E-state index is 12.1. The molecule has 5 nitrogen and oxygen atoms in total. The molecule has 0 atom stereocenters. The number of halogens is 3. The number of anilines is 1. The second-order valence-electron chi connectivity index (χ2n) is 5.74. The highest BCUT2D eigenvalue weighted by atomic mass is 35.5. The van der Waals surface area contributed by atoms with Crippen LogP contribution in [0.3, 0.4) is 0 Å². The molecule has 0 fully saturated rings. The molecule has 2 aromatic rings. The van der Waals surface area contributed by atoms with Gasteiger partial charge in [-0.15, -0.1) is 0 Å². The monoisotopic (exact) mass is 373 g/mol. The van der Waals surface area contributed by atoms with Crippen molar-refractivity contribution >= 4 is 46.6 Å². The van der Waals surface area contributed by atoms with Gasteiger partial charge in [-0.1, -0.05) is 44.0 Å². The molecule has 23 heavy (non-hydrogen) atoms. The Morgan fingerprint density at radius 2 is 1.91 bits per heavy atom. The van der Waals surface area contributed by atoms with E-state index in [9.17, 15) is 4.79 Å². The number of carbonyl (C=O) groups excluding carboxylic acids is 1. The highest BCUT2D eigenvalue weighted by Crippen LogP contribution is 2.30. The lowest BCUT2D eigenvalue weighted by molar-refractivity contribution is 0.213. The summed E-state index contributed by atoms with van der Waals surface area (Å²) in [5.74, 6) is 0.226. The quantitative estimate of drug-likeness (QED) is 0.720. The molecule has 1 aromatic carbocycles. The van der Waals surface area contributed by atoms with Crippen LogP contribution in [0.15, 0.2) is 24.4 Å². The second-order valence-corrected chi connectivity index (χ2v) is 6.92. The minimum absolute atomic E-state index is 0.0865. The Morgan fingerprint density at radius 3 is 2.52 bits per heavy atom. The van der Waals surface area contributed by atoms with Crippen molar-refractivity contribution in [3.05, 3.63) is 45.4 Å². The van der Waals surface area contributed by atoms with Crippen molar-refractivity contribution < 1.29 is 9.53 Å². The van der Waals surface area contributed by atoms with E-state index in [4.69, 9.17) is 39.5 Å². The first-order valence-corrected chi connectivity index (χ1v) is 7.77. The lowest BCUT2D eigenvalue weighted by atomic mass is 9.91. The maximum atomic E-state index is 12.1. The van der Waals surface area contributed by atoms with Crippen molar-refractivity contribution in [1.29, 1.82) is 0 Å². The van der Waals surface area contributed by atoms with Gasteiger partial charge in [-0.2, -0.15) is 0 Å². The maximum Gasteiger partial charge on any atom is 0.417 e. The summed E-state index contributed by atoms with van der Waals surface area (Å²) in [6, 6.07) is 4.70. The first-order valence-electron chi connectivity index (χ1n) is 6.64. The van der Waals surface area contributed by atoms with Crippen LogP contribution in [0, 0.1) is 0 Å². The van der Waals surface area contributed by atoms with Crippen LogP contribution in [0.4, 0.5) is 10.5 Å². The average molecular weight is 375 g/mol. The number of nitrogens with one attached hydrogen (secondary N) is 1. The van der Waals surface area contributed by atoms with Crippen LogP contribution in [0.5, 0.6) is 5.75 Å². The molecule has 2 rings (SSSR count). The normalized spacial score (nSPS) is 11.2. The molecule has 1 aromatic heterocycles. The number of nitrogens with zero attached hydrogens (tertiary/aromatic N) is 2. The molecular formula is C15H14Cl3N3O2. The van der Waals surface area contributed by atoms with Gasteiger partial charge in [0, 0.05) is 10.4 Å². The van der Waals surface area contributed by atoms with Crippen molar-refractivity contribution in [2.75, 3.05) is 5.32 Å². The number of hydrogen-bond acceptors (Lipinski definition) is 4. The highest BCUT2D eigenvalue weighted by Gasteiger charge is 2.23. The van der Waals surface area contributed by atoms with Gasteiger partial charge in [-0.3, -0.25) is 5.32 Å². The van der Waals surface area contributed by atoms with Gasteiger partial charge in [0.1, 0.15) is 0 Å². The topological polar surface area (TPSA) is 64.1 Å². The number of hydrogen-bond donors (Lipinski definition) is 1. The fourth-order valence-electron chi connectivity index (χ4n) is 1.79. The van der Waals surface area contributed by atoms with Crippen molar-refractivity contribution in [3.8, 4) is 5.75 Å². The van der Waals surface area contributed by atoms with Crippen LogP contribution in [-0.2, 0) is 5.41 Å². The largest absolute Gasteiger partial charge is 0.417 e. The van der Waals surface area contributed by atoms with Crippen molar-refractivity contribution in [1.82, 2.24) is 9.97 Å². The van der Waals surface area contributed by atoms with Crippen LogP contribution < -0.4 is 10.1 Å². The molecule has 1 heterocycles. The van der Waals surface area contributed by atoms with Crippen LogP contribution in [-0.4, -0.2) is 16.1 Å². The van der Waals surface area contributed by atoms with Crippen LogP contribution in [0.1, 0.15) is 26.5 Å². The van der Waals surface area contributed by atoms with E-state index in [1.54, 1.807) is 12.1 Å². The van der Waals surface area contributed by atoms with Gasteiger partial charge in [0.15, 0.2) is 5.75 Å². The summed E-state index contributed by atoms with van der Waals surface area (Å²) in [6.45, 7) is 5.77. The Morgan fingerprint density at radius 1 is 1.22 bits per heavy atom. The molecule has 1 amide bonds. The van der Waals surface area contributed by atoms with E-state index in [-0.39, 0.29) is 16.4 Å². The third-order valence-corrected chi connectivity index (χ3v) is 3.54. The number of amides is 1. The zero-order valence-corrected chi connectivity index (χ0v) is 14.9. The zero-order chi connectivity index (χ0) is 17.2. The molecule has 0 radical (unpaired) electrons. The molecule has 122 valence electrons. The van der Waals surface area contributed by atoms with Gasteiger partial charge in [-0.05, 0) is 29.8 Å². The lowest BCUT2D eigenvalue weighted by Gasteiger charge is -2.20. The Balaban J connectivity index is 2.21. The third kappa shape index (κ3) is 4.70. The predicted molar refractivity (Wildman–Crippen MR) is 91.9 cm³/mol. The van der Waals surface area contributed by atoms with Gasteiger partial charge in [0.2, 0.25) is 5.28 Å². The Bertz CT molecular complexity index is 745. The Kier molecular flexibility index (Phi) is 5.34. The number of benzene rings is 1. The number of carbonyl (C=O) groups is 1. The summed E-state index contributed by atoms with van der Waals surface area (Å²) < 4.78 is 5.29. The molecule has 8 heteroatoms. The third-order valence-electron chi connectivity index (χ3n) is 2.81. The van der Waals surface area contributed by atoms with Crippen molar-refractivity contribution in [3.63, 3.8) is 0 Å². The molecule has 0 saturated heterocycles. The molecule has 1 N–H and O–H groups in total. The van der Waals surface area contributed by atoms with Crippen molar-refractivity contribution in [2.24, 2.45) is 0 Å². The number of aromatic nitrogens is 2. The van der Waals surface area contributed by atoms with E-state index in [0.717, 1.165) is 0 Å². The first kappa shape index (κ1) is 17.8.